The van der Waals surface area contributed by atoms with Crippen LogP contribution in [0.3, 0.4) is 0 Å². The highest BCUT2D eigenvalue weighted by Gasteiger charge is 2.07. The second-order valence-corrected chi connectivity index (χ2v) is 7.17. The first-order chi connectivity index (χ1) is 15.2. The number of aliphatic imine (C=N–C) groups is 1. The normalized spacial score (nSPS) is 11.0. The van der Waals surface area contributed by atoms with Crippen molar-refractivity contribution in [3.63, 3.8) is 0 Å². The standard InChI is InChI=1S/C24H31N5O2.HI/c1-19-10-11-20(23(16-19)31-15-7-14-30-3)17-26-24(25-2)27-18-21-12-13-29(28-21)22-8-5-4-6-9-22;/h4-6,8-13,16H,7,14-15,17-18H2,1-3H3,(H2,25,26,27);1H. The Morgan fingerprint density at radius 2 is 1.81 bits per heavy atom. The van der Waals surface area contributed by atoms with Crippen LogP contribution in [0.5, 0.6) is 5.75 Å². The van der Waals surface area contributed by atoms with Gasteiger partial charge in [-0.05, 0) is 36.8 Å². The van der Waals surface area contributed by atoms with Crippen LogP contribution in [0.1, 0.15) is 23.2 Å². The van der Waals surface area contributed by atoms with Gasteiger partial charge in [0.05, 0.1) is 24.5 Å². The van der Waals surface area contributed by atoms with Crippen LogP contribution in [0.2, 0.25) is 0 Å². The van der Waals surface area contributed by atoms with Crippen molar-refractivity contribution in [2.75, 3.05) is 27.4 Å². The Balaban J connectivity index is 0.00000363. The zero-order chi connectivity index (χ0) is 21.9. The maximum Gasteiger partial charge on any atom is 0.191 e. The van der Waals surface area contributed by atoms with Crippen molar-refractivity contribution in [2.24, 2.45) is 4.99 Å². The molecule has 0 radical (unpaired) electrons. The summed E-state index contributed by atoms with van der Waals surface area (Å²) in [6.45, 7) is 4.57. The van der Waals surface area contributed by atoms with Gasteiger partial charge in [0.2, 0.25) is 0 Å². The van der Waals surface area contributed by atoms with Crippen LogP contribution in [0.25, 0.3) is 5.69 Å². The number of hydrogen-bond acceptors (Lipinski definition) is 4. The van der Waals surface area contributed by atoms with E-state index in [1.54, 1.807) is 14.2 Å². The summed E-state index contributed by atoms with van der Waals surface area (Å²) in [5.74, 6) is 1.60. The van der Waals surface area contributed by atoms with Gasteiger partial charge in [0.1, 0.15) is 5.75 Å². The molecule has 0 aliphatic rings. The highest BCUT2D eigenvalue weighted by atomic mass is 127. The number of aromatic nitrogens is 2. The fourth-order valence-corrected chi connectivity index (χ4v) is 3.08. The van der Waals surface area contributed by atoms with Crippen molar-refractivity contribution in [1.29, 1.82) is 0 Å². The summed E-state index contributed by atoms with van der Waals surface area (Å²) < 4.78 is 12.9. The number of hydrogen-bond donors (Lipinski definition) is 2. The molecule has 7 nitrogen and oxygen atoms in total. The Bertz CT molecular complexity index is 976. The first kappa shape index (κ1) is 25.7. The molecular weight excluding hydrogens is 517 g/mol. The summed E-state index contributed by atoms with van der Waals surface area (Å²) in [4.78, 5) is 4.32. The van der Waals surface area contributed by atoms with Crippen LogP contribution in [-0.2, 0) is 17.8 Å². The van der Waals surface area contributed by atoms with E-state index in [9.17, 15) is 0 Å². The number of guanidine groups is 1. The van der Waals surface area contributed by atoms with Gasteiger partial charge in [0.25, 0.3) is 0 Å². The van der Waals surface area contributed by atoms with Gasteiger partial charge in [0, 0.05) is 45.5 Å². The van der Waals surface area contributed by atoms with E-state index >= 15 is 0 Å². The Kier molecular flexibility index (Phi) is 11.0. The van der Waals surface area contributed by atoms with Crippen LogP contribution in [-0.4, -0.2) is 43.1 Å². The summed E-state index contributed by atoms with van der Waals surface area (Å²) >= 11 is 0. The van der Waals surface area contributed by atoms with Crippen molar-refractivity contribution < 1.29 is 9.47 Å². The minimum Gasteiger partial charge on any atom is -0.493 e. The van der Waals surface area contributed by atoms with Gasteiger partial charge in [-0.3, -0.25) is 4.99 Å². The van der Waals surface area contributed by atoms with Gasteiger partial charge in [-0.2, -0.15) is 5.10 Å². The lowest BCUT2D eigenvalue weighted by atomic mass is 10.1. The number of nitrogens with zero attached hydrogens (tertiary/aromatic N) is 3. The van der Waals surface area contributed by atoms with Gasteiger partial charge in [-0.15, -0.1) is 24.0 Å². The number of ether oxygens (including phenoxy) is 2. The van der Waals surface area contributed by atoms with Crippen molar-refractivity contribution in [2.45, 2.75) is 26.4 Å². The van der Waals surface area contributed by atoms with Crippen molar-refractivity contribution >= 4 is 29.9 Å². The van der Waals surface area contributed by atoms with Gasteiger partial charge in [-0.1, -0.05) is 30.3 Å². The maximum absolute atomic E-state index is 5.97. The third kappa shape index (κ3) is 7.83. The predicted molar refractivity (Wildman–Crippen MR) is 139 cm³/mol. The smallest absolute Gasteiger partial charge is 0.191 e. The molecule has 0 amide bonds. The molecule has 0 saturated carbocycles. The summed E-state index contributed by atoms with van der Waals surface area (Å²) in [6, 6.07) is 18.3. The summed E-state index contributed by atoms with van der Waals surface area (Å²) in [5, 5.41) is 11.3. The summed E-state index contributed by atoms with van der Waals surface area (Å²) in [7, 11) is 3.46. The van der Waals surface area contributed by atoms with Crippen LogP contribution in [0.15, 0.2) is 65.8 Å². The lowest BCUT2D eigenvalue weighted by molar-refractivity contribution is 0.171. The molecule has 0 bridgehead atoms. The fourth-order valence-electron chi connectivity index (χ4n) is 3.08. The Morgan fingerprint density at radius 3 is 2.56 bits per heavy atom. The molecule has 0 saturated heterocycles. The minimum atomic E-state index is 0. The molecule has 3 aromatic rings. The number of aryl methyl sites for hydroxylation is 1. The number of rotatable bonds is 10. The molecule has 32 heavy (non-hydrogen) atoms. The summed E-state index contributed by atoms with van der Waals surface area (Å²) in [6.07, 6.45) is 2.82. The molecule has 8 heteroatoms. The number of halogens is 1. The highest BCUT2D eigenvalue weighted by molar-refractivity contribution is 14.0. The average molecular weight is 549 g/mol. The average Bonchev–Trinajstić information content (AvgIpc) is 3.27. The van der Waals surface area contributed by atoms with Gasteiger partial charge >= 0.3 is 0 Å². The topological polar surface area (TPSA) is 72.7 Å². The first-order valence-electron chi connectivity index (χ1n) is 10.5. The van der Waals surface area contributed by atoms with E-state index in [4.69, 9.17) is 9.47 Å². The molecular formula is C24H32IN5O2. The van der Waals surface area contributed by atoms with E-state index in [0.717, 1.165) is 29.1 Å². The number of para-hydroxylation sites is 1. The van der Waals surface area contributed by atoms with Gasteiger partial charge in [-0.25, -0.2) is 4.68 Å². The summed E-state index contributed by atoms with van der Waals surface area (Å²) in [5.41, 5.74) is 4.22. The molecule has 1 aromatic heterocycles. The van der Waals surface area contributed by atoms with E-state index in [0.29, 0.717) is 32.3 Å². The maximum atomic E-state index is 5.97. The van der Waals surface area contributed by atoms with Gasteiger partial charge in [0.15, 0.2) is 5.96 Å². The molecule has 2 aromatic carbocycles. The molecule has 172 valence electrons. The third-order valence-corrected chi connectivity index (χ3v) is 4.74. The number of nitrogens with one attached hydrogen (secondary N) is 2. The second kappa shape index (κ2) is 13.7. The molecule has 3 rings (SSSR count). The van der Waals surface area contributed by atoms with Crippen LogP contribution >= 0.6 is 24.0 Å². The molecule has 0 fully saturated rings. The zero-order valence-electron chi connectivity index (χ0n) is 18.9. The first-order valence-corrected chi connectivity index (χ1v) is 10.5. The van der Waals surface area contributed by atoms with E-state index in [-0.39, 0.29) is 24.0 Å². The SMILES string of the molecule is CN=C(NCc1ccn(-c2ccccc2)n1)NCc1ccc(C)cc1OCCCOC.I. The number of methoxy groups -OCH3 is 1. The van der Waals surface area contributed by atoms with Crippen molar-refractivity contribution in [3.05, 3.63) is 77.6 Å². The molecule has 0 aliphatic heterocycles. The van der Waals surface area contributed by atoms with Crippen LogP contribution < -0.4 is 15.4 Å². The molecule has 1 heterocycles. The van der Waals surface area contributed by atoms with Crippen molar-refractivity contribution in [1.82, 2.24) is 20.4 Å². The lowest BCUT2D eigenvalue weighted by Gasteiger charge is -2.15. The largest absolute Gasteiger partial charge is 0.493 e. The molecule has 2 N–H and O–H groups in total. The lowest BCUT2D eigenvalue weighted by Crippen LogP contribution is -2.36. The highest BCUT2D eigenvalue weighted by Crippen LogP contribution is 2.20. The predicted octanol–water partition coefficient (Wildman–Crippen LogP) is 4.08. The van der Waals surface area contributed by atoms with E-state index in [1.807, 2.05) is 47.3 Å². The second-order valence-electron chi connectivity index (χ2n) is 7.17. The Labute approximate surface area is 207 Å². The monoisotopic (exact) mass is 549 g/mol. The molecule has 0 aliphatic carbocycles. The molecule has 0 spiro atoms. The minimum absolute atomic E-state index is 0. The van der Waals surface area contributed by atoms with E-state index in [2.05, 4.69) is 45.8 Å². The molecule has 0 atom stereocenters. The van der Waals surface area contributed by atoms with Crippen molar-refractivity contribution in [3.8, 4) is 11.4 Å². The fraction of sp³-hybridized carbons (Fsp3) is 0.333. The van der Waals surface area contributed by atoms with Crippen LogP contribution in [0, 0.1) is 6.92 Å². The Morgan fingerprint density at radius 1 is 1.03 bits per heavy atom. The van der Waals surface area contributed by atoms with Crippen LogP contribution in [0.4, 0.5) is 0 Å². The quantitative estimate of drug-likeness (QED) is 0.173. The van der Waals surface area contributed by atoms with Gasteiger partial charge < -0.3 is 20.1 Å². The number of benzene rings is 2. The van der Waals surface area contributed by atoms with E-state index in [1.165, 1.54) is 5.56 Å². The third-order valence-electron chi connectivity index (χ3n) is 4.74. The molecule has 0 unspecified atom stereocenters. The Hall–Kier alpha value is -2.59. The van der Waals surface area contributed by atoms with E-state index < -0.39 is 0 Å². The zero-order valence-corrected chi connectivity index (χ0v) is 21.2.